The number of aromatic nitrogens is 2. The van der Waals surface area contributed by atoms with Crippen molar-refractivity contribution in [1.29, 1.82) is 0 Å². The minimum absolute atomic E-state index is 0.202. The summed E-state index contributed by atoms with van der Waals surface area (Å²) in [5.41, 5.74) is 13.2. The number of nitrogen functional groups attached to an aromatic ring is 1. The van der Waals surface area contributed by atoms with Crippen LogP contribution < -0.4 is 31.4 Å². The van der Waals surface area contributed by atoms with Crippen LogP contribution in [-0.4, -0.2) is 29.6 Å². The van der Waals surface area contributed by atoms with Crippen molar-refractivity contribution in [3.05, 3.63) is 58.3 Å². The molecule has 0 aliphatic rings. The van der Waals surface area contributed by atoms with Gasteiger partial charge in [-0.3, -0.25) is 15.6 Å². The molecule has 1 aromatic heterocycles. The minimum Gasteiger partial charge on any atom is -0.495 e. The third-order valence-electron chi connectivity index (χ3n) is 4.06. The second-order valence-corrected chi connectivity index (χ2v) is 7.19. The molecule has 0 aliphatic carbocycles. The molecular weight excluding hydrogens is 443 g/mol. The van der Waals surface area contributed by atoms with Crippen LogP contribution in [0, 0.1) is 6.92 Å². The molecule has 0 fully saturated rings. The second kappa shape index (κ2) is 10.1. The zero-order valence-electron chi connectivity index (χ0n) is 16.7. The fourth-order valence-electron chi connectivity index (χ4n) is 2.54. The Labute approximate surface area is 188 Å². The number of aryl methyl sites for hydroxylation is 1. The normalized spacial score (nSPS) is 10.3. The molecule has 0 bridgehead atoms. The van der Waals surface area contributed by atoms with E-state index in [2.05, 4.69) is 26.1 Å². The molecule has 1 heterocycles. The Morgan fingerprint density at radius 2 is 1.84 bits per heavy atom. The number of hydrogen-bond acceptors (Lipinski definition) is 8. The van der Waals surface area contributed by atoms with Crippen molar-refractivity contribution in [2.24, 2.45) is 0 Å². The fourth-order valence-corrected chi connectivity index (χ4v) is 3.01. The van der Waals surface area contributed by atoms with Gasteiger partial charge >= 0.3 is 0 Å². The number of hydrogen-bond donors (Lipinski definition) is 4. The summed E-state index contributed by atoms with van der Waals surface area (Å²) in [6.07, 6.45) is 1.30. The first-order valence-electron chi connectivity index (χ1n) is 9.02. The van der Waals surface area contributed by atoms with Crippen LogP contribution in [0.1, 0.15) is 5.56 Å². The van der Waals surface area contributed by atoms with Gasteiger partial charge in [-0.1, -0.05) is 29.3 Å². The number of rotatable bonds is 8. The Balaban J connectivity index is 1.62. The van der Waals surface area contributed by atoms with Crippen molar-refractivity contribution >= 4 is 52.1 Å². The second-order valence-electron chi connectivity index (χ2n) is 6.35. The highest BCUT2D eigenvalue weighted by atomic mass is 35.5. The number of benzene rings is 2. The van der Waals surface area contributed by atoms with Gasteiger partial charge in [0.25, 0.3) is 5.91 Å². The van der Waals surface area contributed by atoms with E-state index in [0.29, 0.717) is 33.0 Å². The average Bonchev–Trinajstić information content (AvgIpc) is 2.74. The molecule has 3 rings (SSSR count). The highest BCUT2D eigenvalue weighted by Gasteiger charge is 2.12. The smallest absolute Gasteiger partial charge is 0.276 e. The number of hydrazine groups is 1. The van der Waals surface area contributed by atoms with Crippen molar-refractivity contribution in [3.8, 4) is 11.5 Å². The third kappa shape index (κ3) is 5.80. The summed E-state index contributed by atoms with van der Waals surface area (Å²) >= 11 is 11.9. The molecule has 31 heavy (non-hydrogen) atoms. The zero-order chi connectivity index (χ0) is 22.4. The van der Waals surface area contributed by atoms with Crippen molar-refractivity contribution < 1.29 is 14.3 Å². The van der Waals surface area contributed by atoms with Gasteiger partial charge in [-0.25, -0.2) is 9.97 Å². The predicted molar refractivity (Wildman–Crippen MR) is 121 cm³/mol. The first-order valence-corrected chi connectivity index (χ1v) is 9.78. The largest absolute Gasteiger partial charge is 0.495 e. The quantitative estimate of drug-likeness (QED) is 0.371. The standard InChI is InChI=1S/C20H20Cl2N6O3/c1-11-3-5-16(30-2)14(7-11)26-19-18(23)20(25-10-24-19)28-27-17(29)9-31-15-6-4-12(21)8-13(15)22/h3-8,10H,9,23H2,1-2H3,(H,27,29)(H2,24,25,26,28). The molecule has 9 nitrogen and oxygen atoms in total. The van der Waals surface area contributed by atoms with E-state index < -0.39 is 5.91 Å². The van der Waals surface area contributed by atoms with Crippen molar-refractivity contribution in [3.63, 3.8) is 0 Å². The van der Waals surface area contributed by atoms with Crippen LogP contribution in [0.2, 0.25) is 10.0 Å². The van der Waals surface area contributed by atoms with Crippen LogP contribution in [0.3, 0.4) is 0 Å². The van der Waals surface area contributed by atoms with Crippen molar-refractivity contribution in [2.45, 2.75) is 6.92 Å². The van der Waals surface area contributed by atoms with E-state index in [4.69, 9.17) is 38.4 Å². The molecule has 11 heteroatoms. The van der Waals surface area contributed by atoms with Crippen LogP contribution in [0.5, 0.6) is 11.5 Å². The summed E-state index contributed by atoms with van der Waals surface area (Å²) in [6.45, 7) is 1.67. The average molecular weight is 463 g/mol. The molecule has 0 spiro atoms. The highest BCUT2D eigenvalue weighted by molar-refractivity contribution is 6.35. The van der Waals surface area contributed by atoms with Crippen LogP contribution in [0.25, 0.3) is 0 Å². The Bertz CT molecular complexity index is 1100. The predicted octanol–water partition coefficient (Wildman–Crippen LogP) is 3.95. The van der Waals surface area contributed by atoms with Gasteiger partial charge in [0.2, 0.25) is 0 Å². The van der Waals surface area contributed by atoms with E-state index in [1.54, 1.807) is 19.2 Å². The maximum Gasteiger partial charge on any atom is 0.276 e. The Kier molecular flexibility index (Phi) is 7.22. The molecule has 5 N–H and O–H groups in total. The molecule has 162 valence electrons. The Morgan fingerprint density at radius 1 is 1.10 bits per heavy atom. The number of carbonyl (C=O) groups excluding carboxylic acids is 1. The van der Waals surface area contributed by atoms with Crippen molar-refractivity contribution in [2.75, 3.05) is 30.2 Å². The number of amides is 1. The lowest BCUT2D eigenvalue weighted by molar-refractivity contribution is -0.122. The lowest BCUT2D eigenvalue weighted by atomic mass is 10.2. The molecule has 3 aromatic rings. The fraction of sp³-hybridized carbons (Fsp3) is 0.150. The van der Waals surface area contributed by atoms with E-state index >= 15 is 0 Å². The number of nitrogens with one attached hydrogen (secondary N) is 3. The number of anilines is 4. The highest BCUT2D eigenvalue weighted by Crippen LogP contribution is 2.31. The van der Waals surface area contributed by atoms with Gasteiger partial charge in [0, 0.05) is 5.02 Å². The van der Waals surface area contributed by atoms with Crippen LogP contribution in [0.15, 0.2) is 42.7 Å². The van der Waals surface area contributed by atoms with Gasteiger partial charge in [0.05, 0.1) is 17.8 Å². The van der Waals surface area contributed by atoms with Crippen LogP contribution in [0.4, 0.5) is 23.0 Å². The molecule has 0 aliphatic heterocycles. The molecule has 0 saturated heterocycles. The summed E-state index contributed by atoms with van der Waals surface area (Å²) in [7, 11) is 1.57. The molecule has 0 radical (unpaired) electrons. The summed E-state index contributed by atoms with van der Waals surface area (Å²) in [5, 5.41) is 3.88. The van der Waals surface area contributed by atoms with Gasteiger partial charge in [0.1, 0.15) is 23.5 Å². The lowest BCUT2D eigenvalue weighted by Crippen LogP contribution is -2.34. The number of methoxy groups -OCH3 is 1. The van der Waals surface area contributed by atoms with E-state index in [9.17, 15) is 4.79 Å². The van der Waals surface area contributed by atoms with E-state index in [1.165, 1.54) is 12.4 Å². The topological polar surface area (TPSA) is 123 Å². The molecule has 2 aromatic carbocycles. The van der Waals surface area contributed by atoms with Gasteiger partial charge in [-0.05, 0) is 42.8 Å². The monoisotopic (exact) mass is 462 g/mol. The van der Waals surface area contributed by atoms with E-state index in [1.807, 2.05) is 25.1 Å². The number of ether oxygens (including phenoxy) is 2. The number of halogens is 2. The zero-order valence-corrected chi connectivity index (χ0v) is 18.2. The first-order chi connectivity index (χ1) is 14.9. The SMILES string of the molecule is COc1ccc(C)cc1Nc1ncnc(NNC(=O)COc2ccc(Cl)cc2Cl)c1N. The summed E-state index contributed by atoms with van der Waals surface area (Å²) < 4.78 is 10.7. The Hall–Kier alpha value is -3.43. The van der Waals surface area contributed by atoms with Gasteiger partial charge < -0.3 is 20.5 Å². The van der Waals surface area contributed by atoms with E-state index in [-0.39, 0.29) is 18.1 Å². The summed E-state index contributed by atoms with van der Waals surface area (Å²) in [5.74, 6) is 1.05. The molecular formula is C20H20Cl2N6O3. The van der Waals surface area contributed by atoms with Crippen molar-refractivity contribution in [1.82, 2.24) is 15.4 Å². The van der Waals surface area contributed by atoms with Gasteiger partial charge in [-0.15, -0.1) is 0 Å². The minimum atomic E-state index is -0.473. The van der Waals surface area contributed by atoms with Crippen LogP contribution >= 0.6 is 23.2 Å². The van der Waals surface area contributed by atoms with E-state index in [0.717, 1.165) is 5.56 Å². The Morgan fingerprint density at radius 3 is 2.58 bits per heavy atom. The van der Waals surface area contributed by atoms with Crippen LogP contribution in [-0.2, 0) is 4.79 Å². The summed E-state index contributed by atoms with van der Waals surface area (Å²) in [4.78, 5) is 20.3. The molecule has 0 unspecified atom stereocenters. The maximum atomic E-state index is 12.1. The molecule has 0 saturated carbocycles. The first kappa shape index (κ1) is 22.3. The lowest BCUT2D eigenvalue weighted by Gasteiger charge is -2.15. The maximum absolute atomic E-state index is 12.1. The van der Waals surface area contributed by atoms with Gasteiger partial charge in [0.15, 0.2) is 18.2 Å². The molecule has 1 amide bonds. The molecule has 0 atom stereocenters. The third-order valence-corrected chi connectivity index (χ3v) is 4.60. The number of carbonyl (C=O) groups is 1. The summed E-state index contributed by atoms with van der Waals surface area (Å²) in [6, 6.07) is 10.4. The number of nitrogens with two attached hydrogens (primary N) is 1. The van der Waals surface area contributed by atoms with Gasteiger partial charge in [-0.2, -0.15) is 0 Å². The number of nitrogens with zero attached hydrogens (tertiary/aromatic N) is 2.